The third-order valence-corrected chi connectivity index (χ3v) is 1.96. The maximum atomic E-state index is 11.4. The van der Waals surface area contributed by atoms with Crippen molar-refractivity contribution in [2.24, 2.45) is 10.2 Å². The molecule has 1 N–H and O–H groups in total. The molecule has 0 atom stereocenters. The molecule has 1 aromatic carbocycles. The number of hydrogen-bond acceptors (Lipinski definition) is 3. The van der Waals surface area contributed by atoms with Gasteiger partial charge in [0.05, 0.1) is 0 Å². The van der Waals surface area contributed by atoms with Gasteiger partial charge in [0.25, 0.3) is 0 Å². The number of hydrogen-bond donors (Lipinski definition) is 1. The zero-order valence-electron chi connectivity index (χ0n) is 10.8. The first kappa shape index (κ1) is 15.1. The van der Waals surface area contributed by atoms with Crippen LogP contribution in [0.5, 0.6) is 0 Å². The lowest BCUT2D eigenvalue weighted by Gasteiger charge is -2.16. The Labute approximate surface area is 115 Å². The van der Waals surface area contributed by atoms with Crippen LogP contribution in [0.3, 0.4) is 0 Å². The van der Waals surface area contributed by atoms with Crippen LogP contribution in [-0.2, 0) is 4.74 Å². The molecule has 1 rings (SSSR count). The van der Waals surface area contributed by atoms with Crippen LogP contribution in [0.4, 0.5) is 15.3 Å². The molecule has 0 aliphatic rings. The number of ether oxygens (including phenoxy) is 1. The Balaban J connectivity index is 2.51. The first-order valence-electron chi connectivity index (χ1n) is 5.47. The summed E-state index contributed by atoms with van der Waals surface area (Å²) >= 11 is 5.70. The van der Waals surface area contributed by atoms with Crippen LogP contribution in [-0.4, -0.2) is 17.7 Å². The fourth-order valence-electron chi connectivity index (χ4n) is 1.05. The molecule has 0 aliphatic carbocycles. The standard InChI is InChI=1S/C12H14ClN3O3/c1-12(2,3)19-11(18)16-15-10(17)14-9-6-4-8(13)5-7-9/h4-7H,1-3H3,(H,14,17)/b16-15+. The van der Waals surface area contributed by atoms with Crippen LogP contribution in [0.25, 0.3) is 0 Å². The molecule has 1 aromatic rings. The number of rotatable bonds is 1. The summed E-state index contributed by atoms with van der Waals surface area (Å²) in [6, 6.07) is 5.66. The van der Waals surface area contributed by atoms with Gasteiger partial charge >= 0.3 is 12.1 Å². The number of anilines is 1. The van der Waals surface area contributed by atoms with Crippen molar-refractivity contribution in [3.63, 3.8) is 0 Å². The Kier molecular flexibility index (Phi) is 5.00. The van der Waals surface area contributed by atoms with E-state index in [9.17, 15) is 9.59 Å². The molecule has 6 nitrogen and oxygen atoms in total. The number of carbonyl (C=O) groups is 2. The number of amides is 3. The molecule has 19 heavy (non-hydrogen) atoms. The summed E-state index contributed by atoms with van der Waals surface area (Å²) in [7, 11) is 0. The molecule has 0 fully saturated rings. The zero-order chi connectivity index (χ0) is 14.5. The summed E-state index contributed by atoms with van der Waals surface area (Å²) in [5, 5.41) is 9.31. The van der Waals surface area contributed by atoms with Crippen LogP contribution < -0.4 is 5.32 Å². The minimum atomic E-state index is -0.918. The van der Waals surface area contributed by atoms with Crippen LogP contribution in [0, 0.1) is 0 Å². The van der Waals surface area contributed by atoms with Crippen LogP contribution in [0.2, 0.25) is 5.02 Å². The van der Waals surface area contributed by atoms with Crippen LogP contribution >= 0.6 is 11.6 Å². The van der Waals surface area contributed by atoms with E-state index in [4.69, 9.17) is 16.3 Å². The molecule has 3 amide bonds. The Morgan fingerprint density at radius 2 is 1.74 bits per heavy atom. The van der Waals surface area contributed by atoms with E-state index < -0.39 is 17.7 Å². The first-order valence-corrected chi connectivity index (χ1v) is 5.85. The smallest absolute Gasteiger partial charge is 0.441 e. The van der Waals surface area contributed by atoms with E-state index in [2.05, 4.69) is 15.5 Å². The van der Waals surface area contributed by atoms with Crippen molar-refractivity contribution in [2.75, 3.05) is 5.32 Å². The summed E-state index contributed by atoms with van der Waals surface area (Å²) in [4.78, 5) is 22.5. The van der Waals surface area contributed by atoms with E-state index in [1.54, 1.807) is 45.0 Å². The number of halogens is 1. The second kappa shape index (κ2) is 6.29. The van der Waals surface area contributed by atoms with Crippen molar-refractivity contribution in [3.05, 3.63) is 29.3 Å². The van der Waals surface area contributed by atoms with Gasteiger partial charge in [0.2, 0.25) is 0 Å². The fourth-order valence-corrected chi connectivity index (χ4v) is 1.18. The normalized spacial score (nSPS) is 11.4. The SMILES string of the molecule is CC(C)(C)OC(=O)/N=N/C(=O)Nc1ccc(Cl)cc1. The monoisotopic (exact) mass is 283 g/mol. The summed E-state index contributed by atoms with van der Waals surface area (Å²) in [5.74, 6) is 0. The number of benzene rings is 1. The summed E-state index contributed by atoms with van der Waals surface area (Å²) < 4.78 is 4.86. The van der Waals surface area contributed by atoms with Gasteiger partial charge in [-0.05, 0) is 45.0 Å². The van der Waals surface area contributed by atoms with Gasteiger partial charge in [-0.25, -0.2) is 9.59 Å². The highest BCUT2D eigenvalue weighted by Gasteiger charge is 2.15. The van der Waals surface area contributed by atoms with E-state index in [0.29, 0.717) is 10.7 Å². The highest BCUT2D eigenvalue weighted by atomic mass is 35.5. The third kappa shape index (κ3) is 6.52. The Morgan fingerprint density at radius 1 is 1.16 bits per heavy atom. The second-order valence-corrected chi connectivity index (χ2v) is 5.05. The van der Waals surface area contributed by atoms with Gasteiger partial charge in [0.15, 0.2) is 0 Å². The largest absolute Gasteiger partial charge is 0.453 e. The van der Waals surface area contributed by atoms with Gasteiger partial charge in [-0.2, -0.15) is 0 Å². The molecule has 0 saturated carbocycles. The number of nitrogens with zero attached hydrogens (tertiary/aromatic N) is 2. The summed E-state index contributed by atoms with van der Waals surface area (Å²) in [6.45, 7) is 5.07. The minimum absolute atomic E-state index is 0.498. The van der Waals surface area contributed by atoms with Gasteiger partial charge in [-0.15, -0.1) is 0 Å². The van der Waals surface area contributed by atoms with Gasteiger partial charge in [-0.1, -0.05) is 21.8 Å². The Morgan fingerprint density at radius 3 is 2.26 bits per heavy atom. The molecule has 0 aliphatic heterocycles. The molecule has 0 aromatic heterocycles. The molecule has 0 saturated heterocycles. The fraction of sp³-hybridized carbons (Fsp3) is 0.333. The van der Waals surface area contributed by atoms with Crippen molar-refractivity contribution in [3.8, 4) is 0 Å². The van der Waals surface area contributed by atoms with E-state index in [1.807, 2.05) is 0 Å². The average molecular weight is 284 g/mol. The van der Waals surface area contributed by atoms with Crippen molar-refractivity contribution in [2.45, 2.75) is 26.4 Å². The molecule has 0 bridgehead atoms. The van der Waals surface area contributed by atoms with E-state index >= 15 is 0 Å². The van der Waals surface area contributed by atoms with Crippen molar-refractivity contribution < 1.29 is 14.3 Å². The highest BCUT2D eigenvalue weighted by Crippen LogP contribution is 2.13. The third-order valence-electron chi connectivity index (χ3n) is 1.71. The molecule has 0 radical (unpaired) electrons. The predicted molar refractivity (Wildman–Crippen MR) is 71.6 cm³/mol. The maximum Gasteiger partial charge on any atom is 0.453 e. The Bertz CT molecular complexity index is 492. The lowest BCUT2D eigenvalue weighted by atomic mass is 10.2. The minimum Gasteiger partial charge on any atom is -0.441 e. The average Bonchev–Trinajstić information content (AvgIpc) is 2.27. The van der Waals surface area contributed by atoms with Gasteiger partial charge in [0, 0.05) is 10.7 Å². The number of carbonyl (C=O) groups excluding carboxylic acids is 2. The van der Waals surface area contributed by atoms with Crippen LogP contribution in [0.1, 0.15) is 20.8 Å². The maximum absolute atomic E-state index is 11.4. The van der Waals surface area contributed by atoms with Crippen LogP contribution in [0.15, 0.2) is 34.5 Å². The molecule has 7 heteroatoms. The summed E-state index contributed by atoms with van der Waals surface area (Å²) in [6.07, 6.45) is -0.918. The van der Waals surface area contributed by atoms with Crippen molar-refractivity contribution in [1.82, 2.24) is 0 Å². The molecule has 0 heterocycles. The number of nitrogens with one attached hydrogen (secondary N) is 1. The molecule has 0 unspecified atom stereocenters. The van der Waals surface area contributed by atoms with E-state index in [-0.39, 0.29) is 0 Å². The predicted octanol–water partition coefficient (Wildman–Crippen LogP) is 4.26. The van der Waals surface area contributed by atoms with E-state index in [1.165, 1.54) is 0 Å². The van der Waals surface area contributed by atoms with Crippen molar-refractivity contribution >= 4 is 29.4 Å². The van der Waals surface area contributed by atoms with Gasteiger partial charge in [0.1, 0.15) is 5.60 Å². The lowest BCUT2D eigenvalue weighted by molar-refractivity contribution is 0.0591. The topological polar surface area (TPSA) is 80.1 Å². The summed E-state index contributed by atoms with van der Waals surface area (Å²) in [5.41, 5.74) is -0.180. The molecule has 0 spiro atoms. The molecular weight excluding hydrogens is 270 g/mol. The quantitative estimate of drug-likeness (QED) is 0.782. The zero-order valence-corrected chi connectivity index (χ0v) is 11.6. The molecular formula is C12H14ClN3O3. The number of azo groups is 1. The Hall–Kier alpha value is -1.95. The van der Waals surface area contributed by atoms with E-state index in [0.717, 1.165) is 0 Å². The highest BCUT2D eigenvalue weighted by molar-refractivity contribution is 6.30. The van der Waals surface area contributed by atoms with Gasteiger partial charge in [-0.3, -0.25) is 0 Å². The lowest BCUT2D eigenvalue weighted by Crippen LogP contribution is -2.21. The molecule has 102 valence electrons. The first-order chi connectivity index (χ1) is 8.76. The number of urea groups is 1. The second-order valence-electron chi connectivity index (χ2n) is 4.62. The van der Waals surface area contributed by atoms with Crippen molar-refractivity contribution in [1.29, 1.82) is 0 Å². The van der Waals surface area contributed by atoms with Gasteiger partial charge < -0.3 is 10.1 Å².